The number of rotatable bonds is 6. The largest absolute Gasteiger partial charge is 0.465 e. The number of esters is 1. The number of carbonyl (C=O) groups excluding carboxylic acids is 2. The third-order valence-electron chi connectivity index (χ3n) is 5.80. The number of ether oxygens (including phenoxy) is 1. The summed E-state index contributed by atoms with van der Waals surface area (Å²) in [5.41, 5.74) is 2.85. The maximum Gasteiger partial charge on any atom is 0.337 e. The van der Waals surface area contributed by atoms with Crippen molar-refractivity contribution in [2.75, 3.05) is 48.4 Å². The lowest BCUT2D eigenvalue weighted by Gasteiger charge is -2.22. The summed E-state index contributed by atoms with van der Waals surface area (Å²) in [7, 11) is 1.35. The maximum atomic E-state index is 12.6. The molecule has 2 aliphatic heterocycles. The van der Waals surface area contributed by atoms with Crippen LogP contribution in [0.1, 0.15) is 41.6 Å². The predicted octanol–water partition coefficient (Wildman–Crippen LogP) is 3.39. The molecule has 3 heterocycles. The Morgan fingerprint density at radius 3 is 2.35 bits per heavy atom. The van der Waals surface area contributed by atoms with Gasteiger partial charge in [0.05, 0.1) is 24.0 Å². The smallest absolute Gasteiger partial charge is 0.337 e. The number of hydrogen-bond acceptors (Lipinski definition) is 6. The third kappa shape index (κ3) is 5.07. The van der Waals surface area contributed by atoms with E-state index in [1.165, 1.54) is 20.0 Å². The highest BCUT2D eigenvalue weighted by Gasteiger charge is 2.19. The van der Waals surface area contributed by atoms with E-state index in [-0.39, 0.29) is 6.03 Å². The molecular weight excluding hydrogens is 394 g/mol. The summed E-state index contributed by atoms with van der Waals surface area (Å²) in [6.45, 7) is 4.34. The highest BCUT2D eigenvalue weighted by molar-refractivity contribution is 5.97. The number of pyridine rings is 1. The average Bonchev–Trinajstić information content (AvgIpc) is 3.52. The average molecular weight is 424 g/mol. The van der Waals surface area contributed by atoms with Gasteiger partial charge < -0.3 is 25.2 Å². The monoisotopic (exact) mass is 423 g/mol. The van der Waals surface area contributed by atoms with E-state index in [0.717, 1.165) is 56.1 Å². The molecular formula is C23H29N5O3. The third-order valence-corrected chi connectivity index (χ3v) is 5.80. The van der Waals surface area contributed by atoms with Crippen molar-refractivity contribution in [1.82, 2.24) is 10.3 Å². The van der Waals surface area contributed by atoms with Gasteiger partial charge >= 0.3 is 12.0 Å². The van der Waals surface area contributed by atoms with E-state index < -0.39 is 5.97 Å². The van der Waals surface area contributed by atoms with E-state index >= 15 is 0 Å². The van der Waals surface area contributed by atoms with Crippen molar-refractivity contribution in [3.05, 3.63) is 47.7 Å². The Labute approximate surface area is 182 Å². The number of nitrogens with zero attached hydrogens (tertiary/aromatic N) is 3. The molecule has 0 saturated carbocycles. The molecule has 0 aliphatic carbocycles. The molecule has 31 heavy (non-hydrogen) atoms. The normalized spacial score (nSPS) is 15.8. The summed E-state index contributed by atoms with van der Waals surface area (Å²) in [5.74, 6) is 0.557. The van der Waals surface area contributed by atoms with Gasteiger partial charge in [-0.2, -0.15) is 0 Å². The van der Waals surface area contributed by atoms with Gasteiger partial charge in [-0.1, -0.05) is 6.07 Å². The molecule has 2 aromatic rings. The van der Waals surface area contributed by atoms with Gasteiger partial charge in [0.15, 0.2) is 0 Å². The number of nitrogens with one attached hydrogen (secondary N) is 2. The Morgan fingerprint density at radius 2 is 1.71 bits per heavy atom. The summed E-state index contributed by atoms with van der Waals surface area (Å²) in [6, 6.07) is 8.95. The molecule has 2 aliphatic rings. The Bertz CT molecular complexity index is 919. The molecule has 2 saturated heterocycles. The fraction of sp³-hybridized carbons (Fsp3) is 0.435. The first kappa shape index (κ1) is 21.0. The number of urea groups is 1. The van der Waals surface area contributed by atoms with Crippen molar-refractivity contribution in [2.45, 2.75) is 32.2 Å². The zero-order valence-electron chi connectivity index (χ0n) is 17.9. The van der Waals surface area contributed by atoms with E-state index in [1.807, 2.05) is 24.4 Å². The second-order valence-corrected chi connectivity index (χ2v) is 7.94. The molecule has 0 radical (unpaired) electrons. The van der Waals surface area contributed by atoms with Crippen LogP contribution in [0.15, 0.2) is 36.5 Å². The fourth-order valence-electron chi connectivity index (χ4n) is 4.12. The highest BCUT2D eigenvalue weighted by atomic mass is 16.5. The lowest BCUT2D eigenvalue weighted by Crippen LogP contribution is -2.30. The standard InChI is InChI=1S/C23H29N5O3/c1-31-22(29)18-7-8-20(27-10-2-3-11-27)19(14-18)26-23(30)25-16-17-6-9-21(24-15-17)28-12-4-5-13-28/h6-9,14-15H,2-5,10-13,16H2,1H3,(H2,25,26,30). The van der Waals surface area contributed by atoms with E-state index in [2.05, 4.69) is 25.4 Å². The molecule has 4 rings (SSSR count). The van der Waals surface area contributed by atoms with Crippen molar-refractivity contribution < 1.29 is 14.3 Å². The Balaban J connectivity index is 1.40. The van der Waals surface area contributed by atoms with Gasteiger partial charge in [0.25, 0.3) is 0 Å². The molecule has 2 amide bonds. The second-order valence-electron chi connectivity index (χ2n) is 7.94. The minimum Gasteiger partial charge on any atom is -0.465 e. The molecule has 0 atom stereocenters. The number of benzene rings is 1. The van der Waals surface area contributed by atoms with Crippen LogP contribution in [-0.2, 0) is 11.3 Å². The van der Waals surface area contributed by atoms with Crippen LogP contribution in [0.5, 0.6) is 0 Å². The molecule has 8 heteroatoms. The van der Waals surface area contributed by atoms with Crippen molar-refractivity contribution in [3.8, 4) is 0 Å². The predicted molar refractivity (Wildman–Crippen MR) is 121 cm³/mol. The molecule has 0 unspecified atom stereocenters. The topological polar surface area (TPSA) is 86.8 Å². The lowest BCUT2D eigenvalue weighted by molar-refractivity contribution is 0.0600. The molecule has 0 spiro atoms. The second kappa shape index (κ2) is 9.68. The van der Waals surface area contributed by atoms with Crippen LogP contribution in [0.3, 0.4) is 0 Å². The first-order chi connectivity index (χ1) is 15.1. The number of amides is 2. The van der Waals surface area contributed by atoms with Gasteiger partial charge in [-0.3, -0.25) is 0 Å². The van der Waals surface area contributed by atoms with E-state index in [9.17, 15) is 9.59 Å². The molecule has 1 aromatic carbocycles. The van der Waals surface area contributed by atoms with Crippen molar-refractivity contribution in [2.24, 2.45) is 0 Å². The van der Waals surface area contributed by atoms with Crippen molar-refractivity contribution in [1.29, 1.82) is 0 Å². The Hall–Kier alpha value is -3.29. The van der Waals surface area contributed by atoms with Gasteiger partial charge in [0, 0.05) is 38.9 Å². The van der Waals surface area contributed by atoms with Gasteiger partial charge in [-0.25, -0.2) is 14.6 Å². The maximum absolute atomic E-state index is 12.6. The van der Waals surface area contributed by atoms with Crippen LogP contribution >= 0.6 is 0 Å². The van der Waals surface area contributed by atoms with Crippen LogP contribution in [-0.4, -0.2) is 50.3 Å². The van der Waals surface area contributed by atoms with Gasteiger partial charge in [0.2, 0.25) is 0 Å². The van der Waals surface area contributed by atoms with Gasteiger partial charge in [-0.05, 0) is 55.5 Å². The SMILES string of the molecule is COC(=O)c1ccc(N2CCCC2)c(NC(=O)NCc2ccc(N3CCCC3)nc2)c1. The van der Waals surface area contributed by atoms with Gasteiger partial charge in [0.1, 0.15) is 5.82 Å². The zero-order valence-corrected chi connectivity index (χ0v) is 17.9. The van der Waals surface area contributed by atoms with Crippen molar-refractivity contribution in [3.63, 3.8) is 0 Å². The minimum absolute atomic E-state index is 0.328. The number of carbonyl (C=O) groups is 2. The molecule has 0 bridgehead atoms. The summed E-state index contributed by atoms with van der Waals surface area (Å²) in [6.07, 6.45) is 6.46. The first-order valence-corrected chi connectivity index (χ1v) is 10.9. The number of hydrogen-bond donors (Lipinski definition) is 2. The van der Waals surface area contributed by atoms with E-state index in [1.54, 1.807) is 12.1 Å². The van der Waals surface area contributed by atoms with Gasteiger partial charge in [-0.15, -0.1) is 0 Å². The zero-order chi connectivity index (χ0) is 21.6. The number of methoxy groups -OCH3 is 1. The summed E-state index contributed by atoms with van der Waals surface area (Å²) >= 11 is 0. The van der Waals surface area contributed by atoms with Crippen LogP contribution in [0.25, 0.3) is 0 Å². The quantitative estimate of drug-likeness (QED) is 0.693. The summed E-state index contributed by atoms with van der Waals surface area (Å²) < 4.78 is 4.82. The Morgan fingerprint density at radius 1 is 1.00 bits per heavy atom. The van der Waals surface area contributed by atoms with Crippen LogP contribution in [0.4, 0.5) is 22.0 Å². The minimum atomic E-state index is -0.430. The summed E-state index contributed by atoms with van der Waals surface area (Å²) in [4.78, 5) is 33.6. The van der Waals surface area contributed by atoms with Crippen LogP contribution in [0.2, 0.25) is 0 Å². The molecule has 8 nitrogen and oxygen atoms in total. The first-order valence-electron chi connectivity index (χ1n) is 10.9. The lowest BCUT2D eigenvalue weighted by atomic mass is 10.1. The highest BCUT2D eigenvalue weighted by Crippen LogP contribution is 2.30. The van der Waals surface area contributed by atoms with Crippen molar-refractivity contribution >= 4 is 29.2 Å². The molecule has 164 valence electrons. The Kier molecular flexibility index (Phi) is 6.54. The molecule has 2 N–H and O–H groups in total. The molecule has 1 aromatic heterocycles. The number of aromatic nitrogens is 1. The van der Waals surface area contributed by atoms with E-state index in [4.69, 9.17) is 4.74 Å². The van der Waals surface area contributed by atoms with Crippen LogP contribution < -0.4 is 20.4 Å². The summed E-state index contributed by atoms with van der Waals surface area (Å²) in [5, 5.41) is 5.78. The molecule has 2 fully saturated rings. The van der Waals surface area contributed by atoms with E-state index in [0.29, 0.717) is 17.8 Å². The number of anilines is 3. The van der Waals surface area contributed by atoms with Crippen LogP contribution in [0, 0.1) is 0 Å². The fourth-order valence-corrected chi connectivity index (χ4v) is 4.12.